The monoisotopic (exact) mass is 341 g/mol. The molecule has 0 aromatic heterocycles. The molecule has 1 saturated heterocycles. The lowest BCUT2D eigenvalue weighted by atomic mass is 10.1. The van der Waals surface area contributed by atoms with E-state index in [0.29, 0.717) is 13.2 Å². The summed E-state index contributed by atoms with van der Waals surface area (Å²) in [6.07, 6.45) is 3.47. The molecule has 3 nitrogen and oxygen atoms in total. The summed E-state index contributed by atoms with van der Waals surface area (Å²) in [5.41, 5.74) is 3.66. The molecular weight excluding hydrogens is 317 g/mol. The number of carbonyl (C=O) groups is 1. The molecule has 0 saturated carbocycles. The van der Waals surface area contributed by atoms with Crippen LogP contribution in [0, 0.1) is 6.92 Å². The van der Waals surface area contributed by atoms with E-state index in [1.54, 1.807) is 0 Å². The van der Waals surface area contributed by atoms with Gasteiger partial charge in [0.05, 0.1) is 5.66 Å². The van der Waals surface area contributed by atoms with E-state index in [0.717, 1.165) is 37.4 Å². The van der Waals surface area contributed by atoms with Crippen LogP contribution in [0.2, 0.25) is 0 Å². The molecule has 0 spiro atoms. The quantitative estimate of drug-likeness (QED) is 0.806. The van der Waals surface area contributed by atoms with Crippen molar-refractivity contribution < 1.29 is 9.53 Å². The van der Waals surface area contributed by atoms with Crippen molar-refractivity contribution in [3.05, 3.63) is 65.2 Å². The van der Waals surface area contributed by atoms with Gasteiger partial charge in [-0.25, -0.2) is 0 Å². The van der Waals surface area contributed by atoms with E-state index in [2.05, 4.69) is 29.6 Å². The average molecular weight is 341 g/mol. The maximum absolute atomic E-state index is 12.1. The summed E-state index contributed by atoms with van der Waals surface area (Å²) in [6.45, 7) is 3.21. The zero-order valence-electron chi connectivity index (χ0n) is 14.0. The first-order chi connectivity index (χ1) is 11.7. The van der Waals surface area contributed by atoms with Crippen LogP contribution in [0.4, 0.5) is 0 Å². The normalized spacial score (nSPS) is 17.8. The Kier molecular flexibility index (Phi) is 5.87. The maximum Gasteiger partial charge on any atom is 0.227 e. The number of rotatable bonds is 6. The van der Waals surface area contributed by atoms with Gasteiger partial charge < -0.3 is 10.1 Å². The van der Waals surface area contributed by atoms with Crippen molar-refractivity contribution in [2.24, 2.45) is 0 Å². The summed E-state index contributed by atoms with van der Waals surface area (Å²) in [5.74, 6) is 1.14. The number of benzene rings is 2. The highest BCUT2D eigenvalue weighted by molar-refractivity contribution is 7.40. The van der Waals surface area contributed by atoms with Crippen molar-refractivity contribution in [3.8, 4) is 5.75 Å². The summed E-state index contributed by atoms with van der Waals surface area (Å²) >= 11 is 0. The van der Waals surface area contributed by atoms with E-state index in [-0.39, 0.29) is 11.6 Å². The number of amides is 1. The third-order valence-electron chi connectivity index (χ3n) is 4.35. The van der Waals surface area contributed by atoms with Crippen LogP contribution in [0.5, 0.6) is 5.75 Å². The van der Waals surface area contributed by atoms with Gasteiger partial charge in [-0.1, -0.05) is 42.5 Å². The van der Waals surface area contributed by atoms with E-state index < -0.39 is 0 Å². The summed E-state index contributed by atoms with van der Waals surface area (Å²) in [4.78, 5) is 12.1. The van der Waals surface area contributed by atoms with Crippen LogP contribution in [0.1, 0.15) is 29.5 Å². The summed E-state index contributed by atoms with van der Waals surface area (Å²) in [6, 6.07) is 16.3. The number of para-hydroxylation sites is 1. The Hall–Kier alpha value is -1.86. The molecular formula is C20H24NO2P. The summed E-state index contributed by atoms with van der Waals surface area (Å²) in [7, 11) is 0.802. The first-order valence-corrected chi connectivity index (χ1v) is 9.78. The topological polar surface area (TPSA) is 38.3 Å². The number of hydrogen-bond acceptors (Lipinski definition) is 2. The number of aryl methyl sites for hydroxylation is 1. The first kappa shape index (κ1) is 17.0. The van der Waals surface area contributed by atoms with Crippen molar-refractivity contribution in [1.29, 1.82) is 0 Å². The predicted octanol–water partition coefficient (Wildman–Crippen LogP) is 4.03. The molecule has 2 aromatic rings. The van der Waals surface area contributed by atoms with Gasteiger partial charge >= 0.3 is 0 Å². The Bertz CT molecular complexity index is 678. The first-order valence-electron chi connectivity index (χ1n) is 8.50. The fourth-order valence-corrected chi connectivity index (χ4v) is 4.31. The molecule has 2 unspecified atom stereocenters. The Labute approximate surface area is 145 Å². The van der Waals surface area contributed by atoms with Crippen LogP contribution in [0.15, 0.2) is 48.5 Å². The lowest BCUT2D eigenvalue weighted by Gasteiger charge is -2.11. The Morgan fingerprint density at radius 2 is 1.92 bits per heavy atom. The third-order valence-corrected chi connectivity index (χ3v) is 6.04. The van der Waals surface area contributed by atoms with E-state index in [4.69, 9.17) is 4.74 Å². The van der Waals surface area contributed by atoms with Gasteiger partial charge in [0.25, 0.3) is 0 Å². The van der Waals surface area contributed by atoms with Gasteiger partial charge in [-0.15, -0.1) is 8.58 Å². The van der Waals surface area contributed by atoms with Gasteiger partial charge in [0.2, 0.25) is 5.91 Å². The molecule has 1 amide bonds. The van der Waals surface area contributed by atoms with Crippen molar-refractivity contribution in [1.82, 2.24) is 5.32 Å². The van der Waals surface area contributed by atoms with Crippen molar-refractivity contribution in [3.63, 3.8) is 0 Å². The van der Waals surface area contributed by atoms with Crippen LogP contribution in [0.25, 0.3) is 0 Å². The second-order valence-electron chi connectivity index (χ2n) is 6.24. The summed E-state index contributed by atoms with van der Waals surface area (Å²) < 4.78 is 5.86. The molecule has 1 N–H and O–H groups in total. The van der Waals surface area contributed by atoms with Crippen LogP contribution >= 0.6 is 8.58 Å². The Morgan fingerprint density at radius 3 is 2.62 bits per heavy atom. The predicted molar refractivity (Wildman–Crippen MR) is 100 cm³/mol. The fourth-order valence-electron chi connectivity index (χ4n) is 2.85. The molecule has 126 valence electrons. The zero-order valence-corrected chi connectivity index (χ0v) is 15.0. The average Bonchev–Trinajstić information content (AvgIpc) is 3.15. The minimum atomic E-state index is 0.220. The van der Waals surface area contributed by atoms with E-state index >= 15 is 0 Å². The van der Waals surface area contributed by atoms with Gasteiger partial charge in [-0.05, 0) is 48.7 Å². The third kappa shape index (κ3) is 4.58. The molecule has 2 atom stereocenters. The van der Waals surface area contributed by atoms with Crippen LogP contribution in [0.3, 0.4) is 0 Å². The lowest BCUT2D eigenvalue weighted by molar-refractivity contribution is -0.120. The molecule has 3 rings (SSSR count). The number of hydrogen-bond donors (Lipinski definition) is 1. The standard InChI is InChI=1S/C20H24NO2P/c1-15-5-2-3-6-18(15)23-14-17-10-8-16(9-11-17)13-21-20(22)19-7-4-12-24-19/h2-3,5-6,8-11,19,24H,4,7,12-14H2,1H3,(H,21,22). The van der Waals surface area contributed by atoms with E-state index in [1.165, 1.54) is 12.6 Å². The smallest absolute Gasteiger partial charge is 0.227 e. The van der Waals surface area contributed by atoms with Crippen molar-refractivity contribution >= 4 is 14.5 Å². The second-order valence-corrected chi connectivity index (χ2v) is 7.84. The molecule has 24 heavy (non-hydrogen) atoms. The second kappa shape index (κ2) is 8.30. The molecule has 1 aliphatic rings. The van der Waals surface area contributed by atoms with Gasteiger partial charge in [0.15, 0.2) is 0 Å². The number of carbonyl (C=O) groups excluding carboxylic acids is 1. The van der Waals surface area contributed by atoms with E-state index in [1.807, 2.05) is 31.2 Å². The molecule has 0 aliphatic carbocycles. The van der Waals surface area contributed by atoms with Gasteiger partial charge in [0.1, 0.15) is 12.4 Å². The van der Waals surface area contributed by atoms with Crippen LogP contribution in [-0.2, 0) is 17.9 Å². The largest absolute Gasteiger partial charge is 0.489 e. The highest BCUT2D eigenvalue weighted by atomic mass is 31.1. The van der Waals surface area contributed by atoms with Gasteiger partial charge in [-0.3, -0.25) is 4.79 Å². The molecule has 4 heteroatoms. The number of ether oxygens (including phenoxy) is 1. The minimum absolute atomic E-state index is 0.220. The number of nitrogens with one attached hydrogen (secondary N) is 1. The highest BCUT2D eigenvalue weighted by Gasteiger charge is 2.21. The Morgan fingerprint density at radius 1 is 1.17 bits per heavy atom. The maximum atomic E-state index is 12.1. The van der Waals surface area contributed by atoms with Crippen LogP contribution in [-0.4, -0.2) is 17.7 Å². The van der Waals surface area contributed by atoms with Gasteiger partial charge in [0, 0.05) is 6.54 Å². The Balaban J connectivity index is 1.48. The summed E-state index contributed by atoms with van der Waals surface area (Å²) in [5, 5.41) is 3.06. The SMILES string of the molecule is Cc1ccccc1OCc1ccc(CNC(=O)C2CCCP2)cc1. The minimum Gasteiger partial charge on any atom is -0.489 e. The van der Waals surface area contributed by atoms with Crippen molar-refractivity contribution in [2.75, 3.05) is 6.16 Å². The van der Waals surface area contributed by atoms with Crippen molar-refractivity contribution in [2.45, 2.75) is 38.6 Å². The molecule has 1 heterocycles. The molecule has 0 bridgehead atoms. The lowest BCUT2D eigenvalue weighted by Crippen LogP contribution is -2.30. The van der Waals surface area contributed by atoms with E-state index in [9.17, 15) is 4.79 Å². The zero-order chi connectivity index (χ0) is 16.8. The van der Waals surface area contributed by atoms with Crippen LogP contribution < -0.4 is 10.1 Å². The van der Waals surface area contributed by atoms with Gasteiger partial charge in [-0.2, -0.15) is 0 Å². The molecule has 0 radical (unpaired) electrons. The molecule has 2 aromatic carbocycles. The highest BCUT2D eigenvalue weighted by Crippen LogP contribution is 2.32. The fraction of sp³-hybridized carbons (Fsp3) is 0.350. The molecule has 1 aliphatic heterocycles. The molecule has 1 fully saturated rings.